The average molecular weight is 563 g/mol. The minimum absolute atomic E-state index is 0.127. The van der Waals surface area contributed by atoms with Crippen molar-refractivity contribution in [1.82, 2.24) is 0 Å². The van der Waals surface area contributed by atoms with E-state index in [1.54, 1.807) is 0 Å². The Morgan fingerprint density at radius 3 is 1.37 bits per heavy atom. The number of ether oxygens (including phenoxy) is 6. The van der Waals surface area contributed by atoms with Gasteiger partial charge in [0.25, 0.3) is 0 Å². The Hall–Kier alpha value is -1.50. The van der Waals surface area contributed by atoms with Gasteiger partial charge in [0.15, 0.2) is 11.5 Å². The van der Waals surface area contributed by atoms with E-state index in [9.17, 15) is 0 Å². The zero-order chi connectivity index (χ0) is 26.8. The van der Waals surface area contributed by atoms with Gasteiger partial charge in [0.2, 0.25) is 0 Å². The maximum absolute atomic E-state index is 7.00. The lowest BCUT2D eigenvalue weighted by molar-refractivity contribution is -0.0104. The van der Waals surface area contributed by atoms with Crippen LogP contribution in [0.1, 0.15) is 88.2 Å². The van der Waals surface area contributed by atoms with Crippen molar-refractivity contribution in [2.75, 3.05) is 39.6 Å². The van der Waals surface area contributed by atoms with Crippen LogP contribution >= 0.6 is 0 Å². The third-order valence-electron chi connectivity index (χ3n) is 12.8. The molecule has 11 aliphatic rings. The van der Waals surface area contributed by atoms with Gasteiger partial charge < -0.3 is 28.4 Å². The molecule has 3 unspecified atom stereocenters. The summed E-state index contributed by atoms with van der Waals surface area (Å²) in [6, 6.07) is 2.49. The van der Waals surface area contributed by atoms with Crippen molar-refractivity contribution in [1.29, 1.82) is 0 Å². The summed E-state index contributed by atoms with van der Waals surface area (Å²) in [4.78, 5) is 0. The first kappa shape index (κ1) is 24.9. The van der Waals surface area contributed by atoms with E-state index < -0.39 is 0 Å². The van der Waals surface area contributed by atoms with E-state index in [0.29, 0.717) is 19.8 Å². The highest BCUT2D eigenvalue weighted by Gasteiger charge is 2.57. The number of hydrogen-bond donors (Lipinski definition) is 0. The van der Waals surface area contributed by atoms with Crippen LogP contribution in [0.3, 0.4) is 0 Å². The van der Waals surface area contributed by atoms with Crippen LogP contribution in [0.25, 0.3) is 0 Å². The molecule has 12 rings (SSSR count). The molecule has 3 saturated heterocycles. The molecule has 0 aromatic heterocycles. The van der Waals surface area contributed by atoms with Gasteiger partial charge >= 0.3 is 0 Å². The monoisotopic (exact) mass is 562 g/mol. The van der Waals surface area contributed by atoms with E-state index in [1.807, 2.05) is 0 Å². The number of epoxide rings is 3. The number of benzene rings is 1. The van der Waals surface area contributed by atoms with Gasteiger partial charge in [-0.25, -0.2) is 0 Å². The predicted molar refractivity (Wildman–Crippen MR) is 152 cm³/mol. The first-order valence-electron chi connectivity index (χ1n) is 17.0. The Bertz CT molecular complexity index is 1140. The quantitative estimate of drug-likeness (QED) is 0.311. The van der Waals surface area contributed by atoms with Crippen molar-refractivity contribution in [3.05, 3.63) is 17.2 Å². The minimum Gasteiger partial charge on any atom is -0.490 e. The molecule has 0 spiro atoms. The van der Waals surface area contributed by atoms with E-state index in [1.165, 1.54) is 88.2 Å². The van der Waals surface area contributed by atoms with Gasteiger partial charge in [0.1, 0.15) is 43.9 Å². The first-order chi connectivity index (χ1) is 20.1. The lowest BCUT2D eigenvalue weighted by Crippen LogP contribution is -2.50. The van der Waals surface area contributed by atoms with Crippen LogP contribution in [0.5, 0.6) is 17.2 Å². The van der Waals surface area contributed by atoms with E-state index in [2.05, 4.69) is 6.07 Å². The Labute approximate surface area is 244 Å². The lowest BCUT2D eigenvalue weighted by Gasteiger charge is -2.58. The molecule has 222 valence electrons. The van der Waals surface area contributed by atoms with E-state index >= 15 is 0 Å². The average Bonchev–Trinajstić information content (AvgIpc) is 3.78. The molecule has 8 saturated carbocycles. The van der Waals surface area contributed by atoms with Gasteiger partial charge in [-0.3, -0.25) is 0 Å². The molecule has 1 aromatic rings. The van der Waals surface area contributed by atoms with Gasteiger partial charge in [0, 0.05) is 22.0 Å². The largest absolute Gasteiger partial charge is 0.490 e. The molecule has 0 N–H and O–H groups in total. The van der Waals surface area contributed by atoms with Crippen LogP contribution in [-0.2, 0) is 25.0 Å². The summed E-state index contributed by atoms with van der Waals surface area (Å²) in [7, 11) is 0. The molecule has 0 amide bonds. The molecular formula is C35H46O6. The molecule has 1 aromatic carbocycles. The summed E-state index contributed by atoms with van der Waals surface area (Å²) in [6.45, 7) is 4.29. The molecule has 8 aliphatic carbocycles. The molecule has 3 aliphatic heterocycles. The molecular weight excluding hydrogens is 516 g/mol. The van der Waals surface area contributed by atoms with Crippen LogP contribution in [0.4, 0.5) is 0 Å². The second kappa shape index (κ2) is 9.01. The SMILES string of the molecule is c1c(OCC2CO2)c(C23CC4CC(CC(C4)C2)C3)c(OCC2CO2)c(OCC2CO2)c1C12CC3CC(CC(C3)C1)C2. The van der Waals surface area contributed by atoms with Gasteiger partial charge in [0.05, 0.1) is 19.8 Å². The summed E-state index contributed by atoms with van der Waals surface area (Å²) >= 11 is 0. The van der Waals surface area contributed by atoms with Gasteiger partial charge in [-0.1, -0.05) is 0 Å². The Morgan fingerprint density at radius 1 is 0.537 bits per heavy atom. The van der Waals surface area contributed by atoms with Crippen molar-refractivity contribution >= 4 is 0 Å². The highest BCUT2D eigenvalue weighted by molar-refractivity contribution is 5.64. The lowest BCUT2D eigenvalue weighted by atomic mass is 9.46. The molecule has 8 bridgehead atoms. The predicted octanol–water partition coefficient (Wildman–Crippen LogP) is 5.96. The fraction of sp³-hybridized carbons (Fsp3) is 0.829. The van der Waals surface area contributed by atoms with E-state index in [0.717, 1.165) is 72.6 Å². The van der Waals surface area contributed by atoms with Crippen LogP contribution in [0.15, 0.2) is 6.07 Å². The van der Waals surface area contributed by atoms with Gasteiger partial charge in [-0.15, -0.1) is 0 Å². The summed E-state index contributed by atoms with van der Waals surface area (Å²) in [5.41, 5.74) is 3.04. The highest BCUT2D eigenvalue weighted by Crippen LogP contribution is 2.67. The molecule has 3 atom stereocenters. The molecule has 6 heteroatoms. The zero-order valence-corrected chi connectivity index (χ0v) is 24.5. The third kappa shape index (κ3) is 4.36. The molecule has 0 radical (unpaired) electrons. The Balaban J connectivity index is 1.16. The van der Waals surface area contributed by atoms with Crippen molar-refractivity contribution < 1.29 is 28.4 Å². The maximum atomic E-state index is 7.00. The first-order valence-corrected chi connectivity index (χ1v) is 17.0. The minimum atomic E-state index is 0.127. The third-order valence-corrected chi connectivity index (χ3v) is 12.8. The summed E-state index contributed by atoms with van der Waals surface area (Å²) in [5.74, 6) is 8.25. The van der Waals surface area contributed by atoms with Crippen molar-refractivity contribution in [3.8, 4) is 17.2 Å². The van der Waals surface area contributed by atoms with Gasteiger partial charge in [-0.2, -0.15) is 0 Å². The topological polar surface area (TPSA) is 65.3 Å². The smallest absolute Gasteiger partial charge is 0.169 e. The van der Waals surface area contributed by atoms with E-state index in [4.69, 9.17) is 28.4 Å². The van der Waals surface area contributed by atoms with E-state index in [-0.39, 0.29) is 29.1 Å². The summed E-state index contributed by atoms with van der Waals surface area (Å²) in [5, 5.41) is 0. The van der Waals surface area contributed by atoms with Crippen LogP contribution < -0.4 is 14.2 Å². The molecule has 6 nitrogen and oxygen atoms in total. The Morgan fingerprint density at radius 2 is 0.927 bits per heavy atom. The molecule has 41 heavy (non-hydrogen) atoms. The zero-order valence-electron chi connectivity index (χ0n) is 24.5. The second-order valence-corrected chi connectivity index (χ2v) is 16.2. The Kier molecular flexibility index (Phi) is 5.47. The number of hydrogen-bond acceptors (Lipinski definition) is 6. The maximum Gasteiger partial charge on any atom is 0.169 e. The molecule has 3 heterocycles. The van der Waals surface area contributed by atoms with Gasteiger partial charge in [-0.05, 0) is 119 Å². The van der Waals surface area contributed by atoms with Crippen molar-refractivity contribution in [3.63, 3.8) is 0 Å². The van der Waals surface area contributed by atoms with Crippen molar-refractivity contribution in [2.45, 2.75) is 106 Å². The summed E-state index contributed by atoms with van der Waals surface area (Å²) in [6.07, 6.45) is 16.9. The summed E-state index contributed by atoms with van der Waals surface area (Å²) < 4.78 is 37.9. The van der Waals surface area contributed by atoms with Crippen molar-refractivity contribution in [2.24, 2.45) is 35.5 Å². The van der Waals surface area contributed by atoms with Crippen LogP contribution in [0.2, 0.25) is 0 Å². The van der Waals surface area contributed by atoms with Crippen LogP contribution in [-0.4, -0.2) is 58.0 Å². The van der Waals surface area contributed by atoms with Crippen LogP contribution in [0, 0.1) is 35.5 Å². The number of rotatable bonds is 11. The second-order valence-electron chi connectivity index (χ2n) is 16.2. The standard InChI is InChI=1S/C35H46O6/c1-20-2-22-3-21(1)9-34(8-20,10-22)29-7-30(39-17-26-14-36-26)31(35-11-23-4-24(12-35)6-25(5-23)13-35)33(41-19-28-16-38-28)32(29)40-18-27-15-37-27/h7,20-28H,1-6,8-19H2. The molecule has 11 fully saturated rings. The fourth-order valence-electron chi connectivity index (χ4n) is 11.8. The normalized spacial score (nSPS) is 47.5. The fourth-order valence-corrected chi connectivity index (χ4v) is 11.8. The highest BCUT2D eigenvalue weighted by atomic mass is 16.6.